The quantitative estimate of drug-likeness (QED) is 0.410. The number of nitrogens with one attached hydrogen (secondary N) is 1. The summed E-state index contributed by atoms with van der Waals surface area (Å²) in [5, 5.41) is 19.2. The second-order valence-electron chi connectivity index (χ2n) is 7.56. The Bertz CT molecular complexity index is 1530. The van der Waals surface area contributed by atoms with Crippen LogP contribution in [0.4, 0.5) is 5.69 Å². The summed E-state index contributed by atoms with van der Waals surface area (Å²) in [6, 6.07) is 15.7. The van der Waals surface area contributed by atoms with Crippen LogP contribution in [0, 0.1) is 6.92 Å². The molecule has 168 valence electrons. The van der Waals surface area contributed by atoms with Crippen LogP contribution in [-0.4, -0.2) is 35.3 Å². The molecule has 0 bridgehead atoms. The van der Waals surface area contributed by atoms with E-state index in [0.29, 0.717) is 11.2 Å². The zero-order valence-corrected chi connectivity index (χ0v) is 17.7. The zero-order chi connectivity index (χ0) is 23.5. The first-order valence-corrected chi connectivity index (χ1v) is 10.2. The molecule has 0 unspecified atom stereocenters. The molecule has 4 aromatic rings. The van der Waals surface area contributed by atoms with Gasteiger partial charge in [0.25, 0.3) is 0 Å². The fraction of sp³-hybridized carbons (Fsp3) is 0.174. The summed E-state index contributed by atoms with van der Waals surface area (Å²) in [7, 11) is 0. The van der Waals surface area contributed by atoms with Crippen molar-refractivity contribution in [3.05, 3.63) is 92.3 Å². The highest BCUT2D eigenvalue weighted by Gasteiger charge is 2.11. The van der Waals surface area contributed by atoms with Gasteiger partial charge in [-0.2, -0.15) is 0 Å². The van der Waals surface area contributed by atoms with Gasteiger partial charge in [0.05, 0.1) is 24.2 Å². The van der Waals surface area contributed by atoms with Crippen molar-refractivity contribution >= 4 is 22.6 Å². The third-order valence-corrected chi connectivity index (χ3v) is 5.09. The number of pyridine rings is 1. The van der Waals surface area contributed by atoms with Crippen LogP contribution >= 0.6 is 0 Å². The minimum atomic E-state index is -1.11. The number of aromatic hydroxyl groups is 1. The van der Waals surface area contributed by atoms with Crippen LogP contribution in [0.1, 0.15) is 17.5 Å². The summed E-state index contributed by atoms with van der Waals surface area (Å²) in [6.07, 6.45) is -0.367. The largest absolute Gasteiger partial charge is 0.493 e. The predicted octanol–water partition coefficient (Wildman–Crippen LogP) is 1.66. The first kappa shape index (κ1) is 21.8. The smallest absolute Gasteiger partial charge is 0.335 e. The Morgan fingerprint density at radius 2 is 1.82 bits per heavy atom. The van der Waals surface area contributed by atoms with Crippen LogP contribution in [-0.2, 0) is 17.9 Å². The third-order valence-electron chi connectivity index (χ3n) is 5.09. The number of rotatable bonds is 6. The number of hydrogen-bond acceptors (Lipinski definition) is 6. The predicted molar refractivity (Wildman–Crippen MR) is 120 cm³/mol. The van der Waals surface area contributed by atoms with E-state index in [1.807, 2.05) is 31.2 Å². The average Bonchev–Trinajstić information content (AvgIpc) is 2.77. The number of carboxylic acids is 1. The molecule has 0 aliphatic rings. The fourth-order valence-electron chi connectivity index (χ4n) is 3.36. The highest BCUT2D eigenvalue weighted by atomic mass is 16.4. The maximum atomic E-state index is 13.1. The first-order chi connectivity index (χ1) is 15.8. The van der Waals surface area contributed by atoms with Crippen molar-refractivity contribution in [1.82, 2.24) is 19.1 Å². The van der Waals surface area contributed by atoms with Crippen molar-refractivity contribution in [2.75, 3.05) is 0 Å². The molecule has 0 fully saturated rings. The summed E-state index contributed by atoms with van der Waals surface area (Å²) in [5.41, 5.74) is 1.53. The van der Waals surface area contributed by atoms with Gasteiger partial charge in [0.15, 0.2) is 0 Å². The lowest BCUT2D eigenvalue weighted by molar-refractivity contribution is -0.137. The topological polar surface area (TPSA) is 143 Å². The number of carbonyl (C=O) groups is 1. The van der Waals surface area contributed by atoms with Crippen LogP contribution in [0.2, 0.25) is 0 Å². The summed E-state index contributed by atoms with van der Waals surface area (Å²) >= 11 is 0. The van der Waals surface area contributed by atoms with E-state index in [2.05, 4.69) is 15.0 Å². The molecule has 33 heavy (non-hydrogen) atoms. The summed E-state index contributed by atoms with van der Waals surface area (Å²) in [6.45, 7) is 1.82. The number of benzene rings is 2. The molecular formula is C23H21N5O5. The molecule has 10 nitrogen and oxygen atoms in total. The number of carboxylic acid groups (broad SMARTS) is 1. The molecule has 0 saturated carbocycles. The standard InChI is InChI=1S/C23H21N5O5/c1-14-2-4-15(5-3-14)13-28-21(26-22(32)27(23(28)33)11-10-20(30)31)24-17-7-8-18-16(12-17)6-9-19(29)25-18/h2-9,12H,10-11,13H2,1H3,(H,25,29)(H,30,31)(H,24,26,32). The molecule has 2 aromatic carbocycles. The molecule has 0 aliphatic carbocycles. The molecule has 0 radical (unpaired) electrons. The van der Waals surface area contributed by atoms with E-state index >= 15 is 0 Å². The minimum Gasteiger partial charge on any atom is -0.493 e. The van der Waals surface area contributed by atoms with Gasteiger partial charge < -0.3 is 10.2 Å². The molecule has 3 N–H and O–H groups in total. The van der Waals surface area contributed by atoms with Gasteiger partial charge in [-0.1, -0.05) is 29.8 Å². The Morgan fingerprint density at radius 3 is 2.55 bits per heavy atom. The lowest BCUT2D eigenvalue weighted by Crippen LogP contribution is -2.50. The van der Waals surface area contributed by atoms with E-state index in [4.69, 9.17) is 5.11 Å². The van der Waals surface area contributed by atoms with Crippen molar-refractivity contribution in [1.29, 1.82) is 0 Å². The van der Waals surface area contributed by atoms with Crippen LogP contribution in [0.5, 0.6) is 5.88 Å². The summed E-state index contributed by atoms with van der Waals surface area (Å²) in [4.78, 5) is 47.8. The SMILES string of the molecule is Cc1ccc(Cn2c(=O)n(CCC(=O)O)c(=O)[nH]/c2=N\c2ccc3nc(O)ccc3c2)cc1. The van der Waals surface area contributed by atoms with E-state index < -0.39 is 17.3 Å². The van der Waals surface area contributed by atoms with Gasteiger partial charge >= 0.3 is 17.3 Å². The highest BCUT2D eigenvalue weighted by Crippen LogP contribution is 2.21. The van der Waals surface area contributed by atoms with Crippen molar-refractivity contribution in [3.63, 3.8) is 0 Å². The lowest BCUT2D eigenvalue weighted by atomic mass is 10.1. The molecule has 2 aromatic heterocycles. The van der Waals surface area contributed by atoms with Crippen LogP contribution in [0.25, 0.3) is 10.9 Å². The van der Waals surface area contributed by atoms with Crippen molar-refractivity contribution in [2.24, 2.45) is 4.99 Å². The second kappa shape index (κ2) is 8.95. The minimum absolute atomic E-state index is 0.0308. The van der Waals surface area contributed by atoms with Gasteiger partial charge in [0.1, 0.15) is 0 Å². The monoisotopic (exact) mass is 447 g/mol. The van der Waals surface area contributed by atoms with Gasteiger partial charge in [0.2, 0.25) is 11.5 Å². The van der Waals surface area contributed by atoms with E-state index in [9.17, 15) is 19.5 Å². The molecule has 0 amide bonds. The second-order valence-corrected chi connectivity index (χ2v) is 7.56. The van der Waals surface area contributed by atoms with E-state index in [1.54, 1.807) is 24.3 Å². The number of H-pyrrole nitrogens is 1. The van der Waals surface area contributed by atoms with Crippen molar-refractivity contribution in [2.45, 2.75) is 26.4 Å². The number of aryl methyl sites for hydroxylation is 1. The third kappa shape index (κ3) is 4.90. The fourth-order valence-corrected chi connectivity index (χ4v) is 3.36. The molecular weight excluding hydrogens is 426 g/mol. The Morgan fingerprint density at radius 1 is 1.06 bits per heavy atom. The van der Waals surface area contributed by atoms with Crippen LogP contribution < -0.4 is 17.0 Å². The molecule has 0 atom stereocenters. The van der Waals surface area contributed by atoms with Gasteiger partial charge in [-0.15, -0.1) is 0 Å². The van der Waals surface area contributed by atoms with Crippen molar-refractivity contribution < 1.29 is 15.0 Å². The molecule has 4 rings (SSSR count). The molecule has 2 heterocycles. The van der Waals surface area contributed by atoms with Gasteiger partial charge in [-0.3, -0.25) is 14.3 Å². The normalized spacial score (nSPS) is 11.7. The lowest BCUT2D eigenvalue weighted by Gasteiger charge is -2.11. The van der Waals surface area contributed by atoms with E-state index in [-0.39, 0.29) is 31.0 Å². The van der Waals surface area contributed by atoms with Gasteiger partial charge in [-0.25, -0.2) is 24.1 Å². The Kier molecular flexibility index (Phi) is 5.90. The molecule has 10 heteroatoms. The molecule has 0 spiro atoms. The Labute approximate surface area is 186 Å². The maximum absolute atomic E-state index is 13.1. The molecule has 0 saturated heterocycles. The van der Waals surface area contributed by atoms with Gasteiger partial charge in [-0.05, 0) is 36.8 Å². The van der Waals surface area contributed by atoms with E-state index in [1.165, 1.54) is 10.6 Å². The Balaban J connectivity index is 1.87. The number of nitrogens with zero attached hydrogens (tertiary/aromatic N) is 4. The maximum Gasteiger partial charge on any atom is 0.335 e. The average molecular weight is 447 g/mol. The zero-order valence-electron chi connectivity index (χ0n) is 17.7. The summed E-state index contributed by atoms with van der Waals surface area (Å²) in [5.74, 6) is -1.21. The summed E-state index contributed by atoms with van der Waals surface area (Å²) < 4.78 is 2.15. The molecule has 0 aliphatic heterocycles. The van der Waals surface area contributed by atoms with Crippen LogP contribution in [0.15, 0.2) is 69.2 Å². The number of aromatic amines is 1. The number of aliphatic carboxylic acids is 1. The first-order valence-electron chi connectivity index (χ1n) is 10.2. The van der Waals surface area contributed by atoms with Crippen molar-refractivity contribution in [3.8, 4) is 5.88 Å². The highest BCUT2D eigenvalue weighted by molar-refractivity contribution is 5.82. The van der Waals surface area contributed by atoms with Gasteiger partial charge in [0, 0.05) is 18.0 Å². The van der Waals surface area contributed by atoms with Crippen LogP contribution in [0.3, 0.4) is 0 Å². The number of hydrogen-bond donors (Lipinski definition) is 3. The number of aromatic nitrogens is 4. The Hall–Kier alpha value is -4.47. The van der Waals surface area contributed by atoms with E-state index in [0.717, 1.165) is 21.1 Å². The number of fused-ring (bicyclic) bond motifs is 1.